The lowest BCUT2D eigenvalue weighted by molar-refractivity contribution is -0.138. The van der Waals surface area contributed by atoms with Gasteiger partial charge in [-0.2, -0.15) is 0 Å². The van der Waals surface area contributed by atoms with Gasteiger partial charge in [0, 0.05) is 6.42 Å². The second-order valence-corrected chi connectivity index (χ2v) is 7.06. The third-order valence-electron chi connectivity index (χ3n) is 4.70. The van der Waals surface area contributed by atoms with Crippen LogP contribution in [-0.4, -0.2) is 5.97 Å². The van der Waals surface area contributed by atoms with E-state index in [2.05, 4.69) is 13.5 Å². The first kappa shape index (κ1) is 23.2. The van der Waals surface area contributed by atoms with Gasteiger partial charge < -0.3 is 4.74 Å². The molecule has 0 saturated heterocycles. The van der Waals surface area contributed by atoms with Gasteiger partial charge in [-0.15, -0.1) is 0 Å². The van der Waals surface area contributed by atoms with E-state index in [9.17, 15) is 4.79 Å². The van der Waals surface area contributed by atoms with Crippen LogP contribution in [0.15, 0.2) is 12.8 Å². The zero-order valence-electron chi connectivity index (χ0n) is 16.3. The number of hydrogen-bond acceptors (Lipinski definition) is 2. The van der Waals surface area contributed by atoms with Gasteiger partial charge in [-0.3, -0.25) is 4.79 Å². The minimum Gasteiger partial charge on any atom is -0.435 e. The van der Waals surface area contributed by atoms with Gasteiger partial charge in [0.05, 0.1) is 6.26 Å². The van der Waals surface area contributed by atoms with Crippen LogP contribution in [0.25, 0.3) is 0 Å². The first-order valence-corrected chi connectivity index (χ1v) is 10.6. The summed E-state index contributed by atoms with van der Waals surface area (Å²) in [4.78, 5) is 11.1. The van der Waals surface area contributed by atoms with Gasteiger partial charge in [0.15, 0.2) is 0 Å². The van der Waals surface area contributed by atoms with Crippen LogP contribution < -0.4 is 0 Å². The largest absolute Gasteiger partial charge is 0.435 e. The molecule has 0 aliphatic carbocycles. The fourth-order valence-electron chi connectivity index (χ4n) is 3.15. The van der Waals surface area contributed by atoms with E-state index in [1.54, 1.807) is 0 Å². The van der Waals surface area contributed by atoms with Crippen LogP contribution in [0.2, 0.25) is 0 Å². The van der Waals surface area contributed by atoms with Crippen LogP contribution in [0.4, 0.5) is 0 Å². The molecule has 0 atom stereocenters. The lowest BCUT2D eigenvalue weighted by atomic mass is 10.0. The van der Waals surface area contributed by atoms with E-state index in [1.807, 2.05) is 0 Å². The van der Waals surface area contributed by atoms with Crippen molar-refractivity contribution in [3.8, 4) is 0 Å². The Morgan fingerprint density at radius 3 is 1.33 bits per heavy atom. The highest BCUT2D eigenvalue weighted by Gasteiger charge is 2.00. The molecule has 24 heavy (non-hydrogen) atoms. The summed E-state index contributed by atoms with van der Waals surface area (Å²) in [5, 5.41) is 0. The third kappa shape index (κ3) is 19.3. The van der Waals surface area contributed by atoms with Gasteiger partial charge in [-0.1, -0.05) is 116 Å². The number of unbranched alkanes of at least 4 members (excludes halogenated alkanes) is 16. The molecule has 0 aromatic rings. The molecular formula is C22H42O2. The molecule has 0 aliphatic rings. The van der Waals surface area contributed by atoms with E-state index in [4.69, 9.17) is 4.74 Å². The van der Waals surface area contributed by atoms with E-state index in [0.717, 1.165) is 12.8 Å². The lowest BCUT2D eigenvalue weighted by Gasteiger charge is -2.03. The summed E-state index contributed by atoms with van der Waals surface area (Å²) in [6.07, 6.45) is 24.8. The van der Waals surface area contributed by atoms with E-state index in [-0.39, 0.29) is 5.97 Å². The van der Waals surface area contributed by atoms with Crippen molar-refractivity contribution in [1.82, 2.24) is 0 Å². The van der Waals surface area contributed by atoms with E-state index < -0.39 is 0 Å². The summed E-state index contributed by atoms with van der Waals surface area (Å²) in [6.45, 7) is 5.67. The highest BCUT2D eigenvalue weighted by Crippen LogP contribution is 2.14. The SMILES string of the molecule is C=COC(=O)CCCCCCCCCCCCCCCCCCC. The Morgan fingerprint density at radius 2 is 1.00 bits per heavy atom. The van der Waals surface area contributed by atoms with Crippen molar-refractivity contribution in [2.45, 2.75) is 122 Å². The predicted octanol–water partition coefficient (Wildman–Crippen LogP) is 7.71. The topological polar surface area (TPSA) is 26.3 Å². The molecule has 0 aliphatic heterocycles. The van der Waals surface area contributed by atoms with Crippen molar-refractivity contribution < 1.29 is 9.53 Å². The Kier molecular flexibility index (Phi) is 19.6. The van der Waals surface area contributed by atoms with E-state index in [1.165, 1.54) is 103 Å². The van der Waals surface area contributed by atoms with Crippen LogP contribution in [-0.2, 0) is 9.53 Å². The van der Waals surface area contributed by atoms with Gasteiger partial charge in [0.2, 0.25) is 0 Å². The summed E-state index contributed by atoms with van der Waals surface area (Å²) < 4.78 is 4.70. The fraction of sp³-hybridized carbons (Fsp3) is 0.864. The lowest BCUT2D eigenvalue weighted by Crippen LogP contribution is -1.98. The number of carbonyl (C=O) groups excluding carboxylic acids is 1. The van der Waals surface area contributed by atoms with Crippen LogP contribution >= 0.6 is 0 Å². The van der Waals surface area contributed by atoms with Gasteiger partial charge >= 0.3 is 5.97 Å². The molecule has 0 amide bonds. The van der Waals surface area contributed by atoms with Crippen LogP contribution in [0.3, 0.4) is 0 Å². The quantitative estimate of drug-likeness (QED) is 0.137. The molecule has 0 heterocycles. The summed E-state index contributed by atoms with van der Waals surface area (Å²) in [7, 11) is 0. The van der Waals surface area contributed by atoms with Crippen molar-refractivity contribution in [2.24, 2.45) is 0 Å². The second kappa shape index (κ2) is 20.3. The Bertz CT molecular complexity index is 273. The average Bonchev–Trinajstić information content (AvgIpc) is 2.58. The molecule has 0 bridgehead atoms. The Morgan fingerprint density at radius 1 is 0.667 bits per heavy atom. The molecule has 2 heteroatoms. The van der Waals surface area contributed by atoms with Gasteiger partial charge in [0.1, 0.15) is 0 Å². The fourth-order valence-corrected chi connectivity index (χ4v) is 3.15. The molecule has 142 valence electrons. The Hall–Kier alpha value is -0.790. The zero-order chi connectivity index (χ0) is 17.7. The molecule has 0 aromatic heterocycles. The van der Waals surface area contributed by atoms with Crippen molar-refractivity contribution in [2.75, 3.05) is 0 Å². The summed E-state index contributed by atoms with van der Waals surface area (Å²) in [5.41, 5.74) is 0. The minimum absolute atomic E-state index is 0.147. The van der Waals surface area contributed by atoms with Crippen LogP contribution in [0.1, 0.15) is 122 Å². The molecule has 2 nitrogen and oxygen atoms in total. The first-order chi connectivity index (χ1) is 11.8. The molecule has 0 radical (unpaired) electrons. The van der Waals surface area contributed by atoms with E-state index in [0.29, 0.717) is 6.42 Å². The molecule has 0 N–H and O–H groups in total. The smallest absolute Gasteiger partial charge is 0.310 e. The zero-order valence-corrected chi connectivity index (χ0v) is 16.3. The van der Waals surface area contributed by atoms with Crippen LogP contribution in [0, 0.1) is 0 Å². The summed E-state index contributed by atoms with van der Waals surface area (Å²) >= 11 is 0. The maximum absolute atomic E-state index is 11.1. The maximum Gasteiger partial charge on any atom is 0.310 e. The van der Waals surface area contributed by atoms with E-state index >= 15 is 0 Å². The number of esters is 1. The molecule has 0 saturated carbocycles. The summed E-state index contributed by atoms with van der Waals surface area (Å²) in [5.74, 6) is -0.147. The molecule has 0 unspecified atom stereocenters. The average molecular weight is 339 g/mol. The number of rotatable bonds is 19. The highest BCUT2D eigenvalue weighted by atomic mass is 16.5. The highest BCUT2D eigenvalue weighted by molar-refractivity contribution is 5.69. The number of carbonyl (C=O) groups is 1. The van der Waals surface area contributed by atoms with Gasteiger partial charge in [0.25, 0.3) is 0 Å². The molecule has 0 aromatic carbocycles. The molecule has 0 spiro atoms. The standard InChI is InChI=1S/C22H42O2/c1-3-5-6-7-8-9-10-11-12-13-14-15-16-17-18-19-20-21-22(23)24-4-2/h4H,2-3,5-21H2,1H3. The van der Waals surface area contributed by atoms with Gasteiger partial charge in [-0.05, 0) is 6.42 Å². The number of ether oxygens (including phenoxy) is 1. The number of hydrogen-bond donors (Lipinski definition) is 0. The minimum atomic E-state index is -0.147. The first-order valence-electron chi connectivity index (χ1n) is 10.6. The van der Waals surface area contributed by atoms with Gasteiger partial charge in [-0.25, -0.2) is 0 Å². The van der Waals surface area contributed by atoms with Crippen molar-refractivity contribution in [3.63, 3.8) is 0 Å². The summed E-state index contributed by atoms with van der Waals surface area (Å²) in [6, 6.07) is 0. The third-order valence-corrected chi connectivity index (χ3v) is 4.70. The molecule has 0 fully saturated rings. The van der Waals surface area contributed by atoms with Crippen LogP contribution in [0.5, 0.6) is 0 Å². The van der Waals surface area contributed by atoms with Crippen molar-refractivity contribution in [1.29, 1.82) is 0 Å². The maximum atomic E-state index is 11.1. The molecule has 0 rings (SSSR count). The Labute approximate surface area is 151 Å². The molecular weight excluding hydrogens is 296 g/mol. The second-order valence-electron chi connectivity index (χ2n) is 7.06. The predicted molar refractivity (Wildman–Crippen MR) is 105 cm³/mol. The normalized spacial score (nSPS) is 10.7. The van der Waals surface area contributed by atoms with Crippen molar-refractivity contribution in [3.05, 3.63) is 12.8 Å². The Balaban J connectivity index is 3.02. The monoisotopic (exact) mass is 338 g/mol. The van der Waals surface area contributed by atoms with Crippen molar-refractivity contribution >= 4 is 5.97 Å².